The first-order valence-corrected chi connectivity index (χ1v) is 6.49. The van der Waals surface area contributed by atoms with Gasteiger partial charge in [0.15, 0.2) is 0 Å². The van der Waals surface area contributed by atoms with E-state index in [0.717, 1.165) is 5.75 Å². The van der Waals surface area contributed by atoms with Crippen molar-refractivity contribution in [3.63, 3.8) is 0 Å². The van der Waals surface area contributed by atoms with Gasteiger partial charge >= 0.3 is 0 Å². The van der Waals surface area contributed by atoms with E-state index in [2.05, 4.69) is 15.6 Å². The van der Waals surface area contributed by atoms with Gasteiger partial charge in [-0.15, -0.1) is 5.10 Å². The van der Waals surface area contributed by atoms with Gasteiger partial charge in [-0.2, -0.15) is 11.8 Å². The summed E-state index contributed by atoms with van der Waals surface area (Å²) in [5.74, 6) is 0.798. The summed E-state index contributed by atoms with van der Waals surface area (Å²) in [4.78, 5) is 11.5. The van der Waals surface area contributed by atoms with Crippen LogP contribution in [0.4, 0.5) is 0 Å². The van der Waals surface area contributed by atoms with Crippen molar-refractivity contribution in [2.45, 2.75) is 19.0 Å². The molecule has 7 heteroatoms. The van der Waals surface area contributed by atoms with Crippen LogP contribution >= 0.6 is 11.8 Å². The number of nitrogens with one attached hydrogen (secondary N) is 1. The molecule has 1 heterocycles. The third-order valence-corrected chi connectivity index (χ3v) is 2.73. The van der Waals surface area contributed by atoms with E-state index in [1.807, 2.05) is 6.26 Å². The van der Waals surface area contributed by atoms with Crippen molar-refractivity contribution in [2.75, 3.05) is 18.6 Å². The summed E-state index contributed by atoms with van der Waals surface area (Å²) in [6, 6.07) is -0.414. The van der Waals surface area contributed by atoms with Gasteiger partial charge < -0.3 is 11.1 Å². The maximum absolute atomic E-state index is 11.5. The van der Waals surface area contributed by atoms with Crippen molar-refractivity contribution in [1.29, 1.82) is 0 Å². The van der Waals surface area contributed by atoms with Gasteiger partial charge in [0.05, 0.1) is 18.8 Å². The van der Waals surface area contributed by atoms with Gasteiger partial charge in [-0.3, -0.25) is 9.48 Å². The Morgan fingerprint density at radius 1 is 1.69 bits per heavy atom. The zero-order valence-electron chi connectivity index (χ0n) is 9.30. The minimum atomic E-state index is -0.414. The molecular weight excluding hydrogens is 226 g/mol. The van der Waals surface area contributed by atoms with Gasteiger partial charge in [0, 0.05) is 12.7 Å². The highest BCUT2D eigenvalue weighted by Gasteiger charge is 2.11. The third kappa shape index (κ3) is 4.63. The van der Waals surface area contributed by atoms with Gasteiger partial charge in [-0.25, -0.2) is 0 Å². The summed E-state index contributed by atoms with van der Waals surface area (Å²) >= 11 is 1.69. The van der Waals surface area contributed by atoms with Gasteiger partial charge in [0.1, 0.15) is 0 Å². The molecule has 0 radical (unpaired) electrons. The molecule has 0 bridgehead atoms. The Labute approximate surface area is 99.0 Å². The molecule has 1 aromatic rings. The lowest BCUT2D eigenvalue weighted by Crippen LogP contribution is -2.42. The Balaban J connectivity index is 2.14. The van der Waals surface area contributed by atoms with E-state index in [1.54, 1.807) is 28.8 Å². The maximum Gasteiger partial charge on any atom is 0.237 e. The second-order valence-electron chi connectivity index (χ2n) is 3.35. The summed E-state index contributed by atoms with van der Waals surface area (Å²) < 4.78 is 1.66. The molecule has 90 valence electrons. The van der Waals surface area contributed by atoms with Crippen LogP contribution in [0, 0.1) is 0 Å². The lowest BCUT2D eigenvalue weighted by Gasteiger charge is -2.11. The molecule has 0 aliphatic rings. The van der Waals surface area contributed by atoms with Crippen LogP contribution < -0.4 is 11.1 Å². The van der Waals surface area contributed by atoms with Crippen LogP contribution in [0.2, 0.25) is 0 Å². The van der Waals surface area contributed by atoms with Gasteiger partial charge in [-0.1, -0.05) is 5.21 Å². The predicted octanol–water partition coefficient (Wildman–Crippen LogP) is -0.525. The molecule has 1 amide bonds. The van der Waals surface area contributed by atoms with Crippen molar-refractivity contribution in [1.82, 2.24) is 20.3 Å². The van der Waals surface area contributed by atoms with Crippen LogP contribution in [0.3, 0.4) is 0 Å². The molecule has 0 aromatic carbocycles. The number of hydrogen-bond donors (Lipinski definition) is 2. The highest BCUT2D eigenvalue weighted by Crippen LogP contribution is 1.98. The summed E-state index contributed by atoms with van der Waals surface area (Å²) in [5, 5.41) is 10.2. The van der Waals surface area contributed by atoms with Gasteiger partial charge in [0.2, 0.25) is 5.91 Å². The molecule has 1 rings (SSSR count). The molecule has 1 atom stereocenters. The molecule has 16 heavy (non-hydrogen) atoms. The molecule has 0 saturated heterocycles. The van der Waals surface area contributed by atoms with E-state index >= 15 is 0 Å². The van der Waals surface area contributed by atoms with Crippen LogP contribution in [-0.4, -0.2) is 45.5 Å². The van der Waals surface area contributed by atoms with E-state index in [-0.39, 0.29) is 5.91 Å². The minimum Gasteiger partial charge on any atom is -0.353 e. The van der Waals surface area contributed by atoms with Crippen LogP contribution in [0.1, 0.15) is 6.42 Å². The number of thioether (sulfide) groups is 1. The lowest BCUT2D eigenvalue weighted by molar-refractivity contribution is -0.122. The molecule has 0 aliphatic heterocycles. The Morgan fingerprint density at radius 2 is 2.50 bits per heavy atom. The highest BCUT2D eigenvalue weighted by atomic mass is 32.2. The van der Waals surface area contributed by atoms with Crippen LogP contribution in [-0.2, 0) is 11.3 Å². The second kappa shape index (κ2) is 7.24. The fraction of sp³-hybridized carbons (Fsp3) is 0.667. The molecule has 3 N–H and O–H groups in total. The third-order valence-electron chi connectivity index (χ3n) is 2.08. The van der Waals surface area contributed by atoms with E-state index < -0.39 is 6.04 Å². The fourth-order valence-electron chi connectivity index (χ4n) is 1.15. The van der Waals surface area contributed by atoms with Crippen molar-refractivity contribution >= 4 is 17.7 Å². The summed E-state index contributed by atoms with van der Waals surface area (Å²) in [6.45, 7) is 1.14. The summed E-state index contributed by atoms with van der Waals surface area (Å²) in [7, 11) is 0. The number of rotatable bonds is 7. The first-order chi connectivity index (χ1) is 7.74. The number of hydrogen-bond acceptors (Lipinski definition) is 5. The number of aromatic nitrogens is 3. The van der Waals surface area contributed by atoms with Crippen molar-refractivity contribution in [3.8, 4) is 0 Å². The van der Waals surface area contributed by atoms with Crippen molar-refractivity contribution < 1.29 is 4.79 Å². The molecule has 0 saturated carbocycles. The highest BCUT2D eigenvalue weighted by molar-refractivity contribution is 7.98. The Hall–Kier alpha value is -1.08. The largest absolute Gasteiger partial charge is 0.353 e. The maximum atomic E-state index is 11.5. The zero-order valence-corrected chi connectivity index (χ0v) is 10.1. The standard InChI is InChI=1S/C9H17N5OS/c1-16-7-2-8(10)9(15)11-3-5-14-6-4-12-13-14/h4,6,8H,2-3,5,7,10H2,1H3,(H,11,15)/t8-/m1/s1. The van der Waals surface area contributed by atoms with Crippen LogP contribution in [0.5, 0.6) is 0 Å². The fourth-order valence-corrected chi connectivity index (χ4v) is 1.64. The van der Waals surface area contributed by atoms with E-state index in [1.165, 1.54) is 0 Å². The van der Waals surface area contributed by atoms with Crippen LogP contribution in [0.15, 0.2) is 12.4 Å². The first-order valence-electron chi connectivity index (χ1n) is 5.10. The van der Waals surface area contributed by atoms with Crippen LogP contribution in [0.25, 0.3) is 0 Å². The quantitative estimate of drug-likeness (QED) is 0.672. The first kappa shape index (κ1) is 13.0. The number of amides is 1. The van der Waals surface area contributed by atoms with Crippen molar-refractivity contribution in [3.05, 3.63) is 12.4 Å². The molecular formula is C9H17N5OS. The van der Waals surface area contributed by atoms with E-state index in [0.29, 0.717) is 19.5 Å². The predicted molar refractivity (Wildman–Crippen MR) is 64.0 cm³/mol. The van der Waals surface area contributed by atoms with E-state index in [4.69, 9.17) is 5.73 Å². The minimum absolute atomic E-state index is 0.103. The molecule has 0 aliphatic carbocycles. The molecule has 0 fully saturated rings. The summed E-state index contributed by atoms with van der Waals surface area (Å²) in [6.07, 6.45) is 6.05. The van der Waals surface area contributed by atoms with Gasteiger partial charge in [-0.05, 0) is 18.4 Å². The topological polar surface area (TPSA) is 85.8 Å². The average Bonchev–Trinajstić information content (AvgIpc) is 2.78. The second-order valence-corrected chi connectivity index (χ2v) is 4.33. The number of nitrogens with two attached hydrogens (primary N) is 1. The Morgan fingerprint density at radius 3 is 3.12 bits per heavy atom. The Kier molecular flexibility index (Phi) is 5.87. The SMILES string of the molecule is CSCC[C@@H](N)C(=O)NCCn1ccnn1. The normalized spacial score (nSPS) is 12.4. The number of carbonyl (C=O) groups is 1. The van der Waals surface area contributed by atoms with Crippen molar-refractivity contribution in [2.24, 2.45) is 5.73 Å². The smallest absolute Gasteiger partial charge is 0.237 e. The van der Waals surface area contributed by atoms with Gasteiger partial charge in [0.25, 0.3) is 0 Å². The zero-order chi connectivity index (χ0) is 11.8. The molecule has 0 unspecified atom stereocenters. The Bertz CT molecular complexity index is 303. The van der Waals surface area contributed by atoms with E-state index in [9.17, 15) is 4.79 Å². The molecule has 0 spiro atoms. The number of nitrogens with zero attached hydrogens (tertiary/aromatic N) is 3. The average molecular weight is 243 g/mol. The number of carbonyl (C=O) groups excluding carboxylic acids is 1. The summed E-state index contributed by atoms with van der Waals surface area (Å²) in [5.41, 5.74) is 5.70. The monoisotopic (exact) mass is 243 g/mol. The molecule has 6 nitrogen and oxygen atoms in total. The molecule has 1 aromatic heterocycles. The lowest BCUT2D eigenvalue weighted by atomic mass is 10.2.